The van der Waals surface area contributed by atoms with Gasteiger partial charge in [-0.15, -0.1) is 4.83 Å². The Labute approximate surface area is 82.3 Å². The molecule has 0 aromatic carbocycles. The number of hydrogen-bond donors (Lipinski definition) is 2. The Morgan fingerprint density at radius 1 is 1.29 bits per heavy atom. The Bertz CT molecular complexity index is 376. The van der Waals surface area contributed by atoms with Crippen LogP contribution in [0.25, 0.3) is 0 Å². The van der Waals surface area contributed by atoms with Crippen LogP contribution in [-0.4, -0.2) is 36.8 Å². The van der Waals surface area contributed by atoms with E-state index in [9.17, 15) is 8.42 Å². The SMILES string of the molecule is CN(C)S(=O)(=O)NNc1ncccn1. The summed E-state index contributed by atoms with van der Waals surface area (Å²) in [6, 6.07) is 1.63. The van der Waals surface area contributed by atoms with E-state index in [4.69, 9.17) is 0 Å². The van der Waals surface area contributed by atoms with Crippen molar-refractivity contribution in [2.24, 2.45) is 0 Å². The summed E-state index contributed by atoms with van der Waals surface area (Å²) in [5.74, 6) is 0.193. The van der Waals surface area contributed by atoms with Crippen molar-refractivity contribution in [2.45, 2.75) is 0 Å². The third kappa shape index (κ3) is 2.91. The fourth-order valence-corrected chi connectivity index (χ4v) is 0.968. The lowest BCUT2D eigenvalue weighted by Crippen LogP contribution is -2.39. The molecule has 0 aliphatic heterocycles. The molecule has 1 aromatic heterocycles. The Morgan fingerprint density at radius 3 is 2.36 bits per heavy atom. The Kier molecular flexibility index (Phi) is 3.33. The molecule has 0 spiro atoms. The van der Waals surface area contributed by atoms with Crippen LogP contribution < -0.4 is 10.3 Å². The van der Waals surface area contributed by atoms with Gasteiger partial charge in [-0.2, -0.15) is 12.7 Å². The average molecular weight is 217 g/mol. The first kappa shape index (κ1) is 10.8. The van der Waals surface area contributed by atoms with Gasteiger partial charge >= 0.3 is 0 Å². The van der Waals surface area contributed by atoms with Gasteiger partial charge in [-0.3, -0.25) is 5.43 Å². The van der Waals surface area contributed by atoms with E-state index in [2.05, 4.69) is 20.2 Å². The minimum Gasteiger partial charge on any atom is -0.275 e. The molecule has 2 N–H and O–H groups in total. The van der Waals surface area contributed by atoms with Gasteiger partial charge in [0.05, 0.1) is 0 Å². The van der Waals surface area contributed by atoms with Crippen molar-refractivity contribution >= 4 is 16.2 Å². The van der Waals surface area contributed by atoms with Gasteiger partial charge in [0.25, 0.3) is 10.2 Å². The molecule has 1 rings (SSSR count). The second-order valence-electron chi connectivity index (χ2n) is 2.59. The van der Waals surface area contributed by atoms with E-state index in [1.165, 1.54) is 26.5 Å². The van der Waals surface area contributed by atoms with Crippen LogP contribution in [0.15, 0.2) is 18.5 Å². The minimum absolute atomic E-state index is 0.193. The van der Waals surface area contributed by atoms with Gasteiger partial charge in [0, 0.05) is 26.5 Å². The summed E-state index contributed by atoms with van der Waals surface area (Å²) < 4.78 is 23.4. The highest BCUT2D eigenvalue weighted by atomic mass is 32.2. The zero-order valence-corrected chi connectivity index (χ0v) is 8.61. The molecule has 0 amide bonds. The third-order valence-electron chi connectivity index (χ3n) is 1.34. The predicted octanol–water partition coefficient (Wildman–Crippen LogP) is -0.800. The molecule has 7 nitrogen and oxygen atoms in total. The Hall–Kier alpha value is -1.25. The van der Waals surface area contributed by atoms with Crippen LogP contribution in [0.2, 0.25) is 0 Å². The van der Waals surface area contributed by atoms with Crippen LogP contribution in [0.3, 0.4) is 0 Å². The van der Waals surface area contributed by atoms with E-state index >= 15 is 0 Å². The first-order chi connectivity index (χ1) is 6.52. The fraction of sp³-hybridized carbons (Fsp3) is 0.333. The molecule has 0 unspecified atom stereocenters. The fourth-order valence-electron chi connectivity index (χ4n) is 0.565. The lowest BCUT2D eigenvalue weighted by Gasteiger charge is -2.12. The second-order valence-corrected chi connectivity index (χ2v) is 4.47. The zero-order valence-electron chi connectivity index (χ0n) is 7.80. The highest BCUT2D eigenvalue weighted by molar-refractivity contribution is 7.87. The number of hydrogen-bond acceptors (Lipinski definition) is 5. The molecule has 0 aliphatic rings. The molecule has 0 radical (unpaired) electrons. The van der Waals surface area contributed by atoms with E-state index < -0.39 is 10.2 Å². The molecule has 0 saturated heterocycles. The number of rotatable bonds is 4. The van der Waals surface area contributed by atoms with Gasteiger partial charge < -0.3 is 0 Å². The van der Waals surface area contributed by atoms with E-state index in [0.717, 1.165) is 4.31 Å². The smallest absolute Gasteiger partial charge is 0.275 e. The molecule has 0 fully saturated rings. The number of nitrogens with one attached hydrogen (secondary N) is 2. The van der Waals surface area contributed by atoms with Gasteiger partial charge in [0.1, 0.15) is 0 Å². The molecule has 1 heterocycles. The van der Waals surface area contributed by atoms with Crippen molar-refractivity contribution in [3.8, 4) is 0 Å². The Balaban J connectivity index is 2.58. The second kappa shape index (κ2) is 4.31. The summed E-state index contributed by atoms with van der Waals surface area (Å²) in [5, 5.41) is 0. The number of hydrazine groups is 1. The molecule has 1 aromatic rings. The first-order valence-corrected chi connectivity index (χ1v) is 5.18. The van der Waals surface area contributed by atoms with Crippen LogP contribution in [0.1, 0.15) is 0 Å². The molecule has 0 saturated carbocycles. The van der Waals surface area contributed by atoms with Crippen LogP contribution in [0, 0.1) is 0 Å². The summed E-state index contributed by atoms with van der Waals surface area (Å²) in [5.41, 5.74) is 2.36. The van der Waals surface area contributed by atoms with Crippen molar-refractivity contribution < 1.29 is 8.42 Å². The van der Waals surface area contributed by atoms with Crippen molar-refractivity contribution in [3.05, 3.63) is 18.5 Å². The number of anilines is 1. The summed E-state index contributed by atoms with van der Waals surface area (Å²) in [7, 11) is -0.679. The molecular weight excluding hydrogens is 206 g/mol. The number of aromatic nitrogens is 2. The average Bonchev–Trinajstić information content (AvgIpc) is 2.16. The quantitative estimate of drug-likeness (QED) is 0.645. The lowest BCUT2D eigenvalue weighted by atomic mass is 10.7. The van der Waals surface area contributed by atoms with Gasteiger partial charge in [0.15, 0.2) is 0 Å². The maximum absolute atomic E-state index is 11.2. The Morgan fingerprint density at radius 2 is 1.86 bits per heavy atom. The van der Waals surface area contributed by atoms with Crippen LogP contribution in [0.5, 0.6) is 0 Å². The normalized spacial score (nSPS) is 11.6. The molecule has 0 atom stereocenters. The monoisotopic (exact) mass is 217 g/mol. The topological polar surface area (TPSA) is 87.2 Å². The summed E-state index contributed by atoms with van der Waals surface area (Å²) in [6.45, 7) is 0. The van der Waals surface area contributed by atoms with Crippen LogP contribution in [-0.2, 0) is 10.2 Å². The minimum atomic E-state index is -3.50. The highest BCUT2D eigenvalue weighted by Crippen LogP contribution is 1.93. The van der Waals surface area contributed by atoms with E-state index in [-0.39, 0.29) is 5.95 Å². The highest BCUT2D eigenvalue weighted by Gasteiger charge is 2.11. The van der Waals surface area contributed by atoms with Gasteiger partial charge in [-0.1, -0.05) is 0 Å². The largest absolute Gasteiger partial charge is 0.295 e. The van der Waals surface area contributed by atoms with Gasteiger partial charge in [-0.25, -0.2) is 9.97 Å². The molecular formula is C6H11N5O2S. The van der Waals surface area contributed by atoms with Gasteiger partial charge in [0.2, 0.25) is 5.95 Å². The number of nitrogens with zero attached hydrogens (tertiary/aromatic N) is 3. The van der Waals surface area contributed by atoms with E-state index in [1.54, 1.807) is 6.07 Å². The molecule has 8 heteroatoms. The van der Waals surface area contributed by atoms with Gasteiger partial charge in [-0.05, 0) is 6.07 Å². The molecule has 0 aliphatic carbocycles. The maximum atomic E-state index is 11.2. The third-order valence-corrected chi connectivity index (χ3v) is 2.66. The zero-order chi connectivity index (χ0) is 10.6. The van der Waals surface area contributed by atoms with Crippen LogP contribution in [0.4, 0.5) is 5.95 Å². The summed E-state index contributed by atoms with van der Waals surface area (Å²) in [4.78, 5) is 9.64. The van der Waals surface area contributed by atoms with Crippen molar-refractivity contribution in [1.82, 2.24) is 19.1 Å². The van der Waals surface area contributed by atoms with Crippen molar-refractivity contribution in [1.29, 1.82) is 0 Å². The van der Waals surface area contributed by atoms with E-state index in [0.29, 0.717) is 0 Å². The molecule has 14 heavy (non-hydrogen) atoms. The predicted molar refractivity (Wildman–Crippen MR) is 51.4 cm³/mol. The van der Waals surface area contributed by atoms with E-state index in [1.807, 2.05) is 0 Å². The van der Waals surface area contributed by atoms with Crippen LogP contribution >= 0.6 is 0 Å². The first-order valence-electron chi connectivity index (χ1n) is 3.74. The summed E-state index contributed by atoms with van der Waals surface area (Å²) >= 11 is 0. The standard InChI is InChI=1S/C6H11N5O2S/c1-11(2)14(12,13)10-9-6-7-4-3-5-8-6/h3-5,10H,1-2H3,(H,7,8,9). The molecule has 78 valence electrons. The molecule has 0 bridgehead atoms. The van der Waals surface area contributed by atoms with Crippen molar-refractivity contribution in [2.75, 3.05) is 19.5 Å². The summed E-state index contributed by atoms with van der Waals surface area (Å²) in [6.07, 6.45) is 3.00. The maximum Gasteiger partial charge on any atom is 0.295 e. The van der Waals surface area contributed by atoms with Crippen molar-refractivity contribution in [3.63, 3.8) is 0 Å². The lowest BCUT2D eigenvalue weighted by molar-refractivity contribution is 0.511.